The van der Waals surface area contributed by atoms with E-state index < -0.39 is 16.1 Å². The second kappa shape index (κ2) is 6.91. The standard InChI is InChI=1S/C17H26N2O3S/c1-13-7-9-16(10-8-13)19(23(4,21)22)15(3)17(20)18-11-5-6-14(2)12-18/h7-10,14-15H,5-6,11-12H2,1-4H3/t14-,15-/m0/s1. The number of piperidine rings is 1. The summed E-state index contributed by atoms with van der Waals surface area (Å²) < 4.78 is 25.8. The molecule has 0 aliphatic carbocycles. The Hall–Kier alpha value is -1.56. The average molecular weight is 338 g/mol. The first-order valence-electron chi connectivity index (χ1n) is 8.05. The lowest BCUT2D eigenvalue weighted by molar-refractivity contribution is -0.133. The number of amides is 1. The maximum atomic E-state index is 12.8. The fourth-order valence-electron chi connectivity index (χ4n) is 3.15. The van der Waals surface area contributed by atoms with E-state index in [4.69, 9.17) is 0 Å². The van der Waals surface area contributed by atoms with Crippen LogP contribution in [-0.2, 0) is 14.8 Å². The first-order chi connectivity index (χ1) is 10.7. The number of sulfonamides is 1. The molecule has 0 spiro atoms. The van der Waals surface area contributed by atoms with Gasteiger partial charge < -0.3 is 4.90 Å². The van der Waals surface area contributed by atoms with Crippen LogP contribution in [0.1, 0.15) is 32.3 Å². The van der Waals surface area contributed by atoms with Crippen molar-refractivity contribution in [2.75, 3.05) is 23.7 Å². The zero-order valence-electron chi connectivity index (χ0n) is 14.3. The molecule has 1 fully saturated rings. The van der Waals surface area contributed by atoms with Crippen molar-refractivity contribution in [2.24, 2.45) is 5.92 Å². The molecule has 128 valence electrons. The third kappa shape index (κ3) is 4.25. The molecule has 1 heterocycles. The monoisotopic (exact) mass is 338 g/mol. The van der Waals surface area contributed by atoms with Crippen LogP contribution in [0.2, 0.25) is 0 Å². The number of benzene rings is 1. The molecule has 1 saturated heterocycles. The first kappa shape index (κ1) is 17.8. The van der Waals surface area contributed by atoms with Crippen LogP contribution in [0.5, 0.6) is 0 Å². The van der Waals surface area contributed by atoms with Gasteiger partial charge in [-0.05, 0) is 44.7 Å². The molecule has 6 heteroatoms. The molecule has 2 rings (SSSR count). The summed E-state index contributed by atoms with van der Waals surface area (Å²) in [7, 11) is -3.54. The summed E-state index contributed by atoms with van der Waals surface area (Å²) in [6.07, 6.45) is 3.24. The molecule has 1 aliphatic heterocycles. The number of carbonyl (C=O) groups excluding carboxylic acids is 1. The van der Waals surface area contributed by atoms with Gasteiger partial charge in [0.25, 0.3) is 0 Å². The summed E-state index contributed by atoms with van der Waals surface area (Å²) in [5.74, 6) is 0.341. The Labute approximate surface area is 139 Å². The Morgan fingerprint density at radius 1 is 1.30 bits per heavy atom. The van der Waals surface area contributed by atoms with Crippen LogP contribution in [-0.4, -0.2) is 44.6 Å². The molecule has 1 aliphatic rings. The SMILES string of the molecule is Cc1ccc(N([C@@H](C)C(=O)N2CCC[C@H](C)C2)S(C)(=O)=O)cc1. The summed E-state index contributed by atoms with van der Waals surface area (Å²) >= 11 is 0. The average Bonchev–Trinajstić information content (AvgIpc) is 2.47. The molecule has 2 atom stereocenters. The molecule has 1 amide bonds. The van der Waals surface area contributed by atoms with E-state index in [0.29, 0.717) is 24.7 Å². The normalized spacial score (nSPS) is 20.2. The fourth-order valence-corrected chi connectivity index (χ4v) is 4.32. The van der Waals surface area contributed by atoms with Crippen molar-refractivity contribution in [3.63, 3.8) is 0 Å². The van der Waals surface area contributed by atoms with Crippen molar-refractivity contribution < 1.29 is 13.2 Å². The highest BCUT2D eigenvalue weighted by molar-refractivity contribution is 7.92. The topological polar surface area (TPSA) is 57.7 Å². The van der Waals surface area contributed by atoms with Crippen LogP contribution >= 0.6 is 0 Å². The van der Waals surface area contributed by atoms with Gasteiger partial charge in [-0.15, -0.1) is 0 Å². The molecule has 0 aromatic heterocycles. The van der Waals surface area contributed by atoms with Crippen LogP contribution in [0, 0.1) is 12.8 Å². The van der Waals surface area contributed by atoms with Gasteiger partial charge in [-0.2, -0.15) is 0 Å². The lowest BCUT2D eigenvalue weighted by Crippen LogP contribution is -2.51. The Morgan fingerprint density at radius 3 is 2.43 bits per heavy atom. The maximum Gasteiger partial charge on any atom is 0.246 e. The molecule has 0 saturated carbocycles. The van der Waals surface area contributed by atoms with Crippen molar-refractivity contribution in [1.29, 1.82) is 0 Å². The lowest BCUT2D eigenvalue weighted by Gasteiger charge is -2.36. The first-order valence-corrected chi connectivity index (χ1v) is 9.90. The third-order valence-electron chi connectivity index (χ3n) is 4.32. The smallest absolute Gasteiger partial charge is 0.246 e. The summed E-state index contributed by atoms with van der Waals surface area (Å²) in [6.45, 7) is 7.15. The number of carbonyl (C=O) groups is 1. The van der Waals surface area contributed by atoms with E-state index in [2.05, 4.69) is 6.92 Å². The molecule has 0 unspecified atom stereocenters. The Morgan fingerprint density at radius 2 is 1.91 bits per heavy atom. The molecule has 1 aromatic rings. The molecular weight excluding hydrogens is 312 g/mol. The number of aryl methyl sites for hydroxylation is 1. The van der Waals surface area contributed by atoms with Gasteiger partial charge in [-0.1, -0.05) is 24.6 Å². The van der Waals surface area contributed by atoms with E-state index in [0.717, 1.165) is 24.7 Å². The van der Waals surface area contributed by atoms with Crippen LogP contribution in [0.3, 0.4) is 0 Å². The Bertz CT molecular complexity index is 655. The quantitative estimate of drug-likeness (QED) is 0.847. The second-order valence-corrected chi connectivity index (χ2v) is 8.46. The van der Waals surface area contributed by atoms with E-state index >= 15 is 0 Å². The maximum absolute atomic E-state index is 12.8. The molecule has 0 N–H and O–H groups in total. The number of hydrogen-bond acceptors (Lipinski definition) is 3. The second-order valence-electron chi connectivity index (χ2n) is 6.60. The van der Waals surface area contributed by atoms with Gasteiger partial charge in [0.1, 0.15) is 6.04 Å². The summed E-state index contributed by atoms with van der Waals surface area (Å²) in [5.41, 5.74) is 1.58. The van der Waals surface area contributed by atoms with Crippen LogP contribution < -0.4 is 4.31 Å². The number of rotatable bonds is 4. The minimum atomic E-state index is -3.54. The van der Waals surface area contributed by atoms with Crippen LogP contribution in [0.15, 0.2) is 24.3 Å². The van der Waals surface area contributed by atoms with E-state index in [9.17, 15) is 13.2 Å². The summed E-state index contributed by atoms with van der Waals surface area (Å²) in [5, 5.41) is 0. The number of hydrogen-bond donors (Lipinski definition) is 0. The largest absolute Gasteiger partial charge is 0.341 e. The molecule has 5 nitrogen and oxygen atoms in total. The van der Waals surface area contributed by atoms with Gasteiger partial charge in [0.05, 0.1) is 11.9 Å². The van der Waals surface area contributed by atoms with Gasteiger partial charge in [-0.25, -0.2) is 8.42 Å². The summed E-state index contributed by atoms with van der Waals surface area (Å²) in [6, 6.07) is 6.47. The zero-order chi connectivity index (χ0) is 17.2. The lowest BCUT2D eigenvalue weighted by atomic mass is 10.00. The van der Waals surface area contributed by atoms with E-state index in [1.54, 1.807) is 24.0 Å². The van der Waals surface area contributed by atoms with Gasteiger partial charge in [-0.3, -0.25) is 9.10 Å². The number of likely N-dealkylation sites (tertiary alicyclic amines) is 1. The van der Waals surface area contributed by atoms with Crippen molar-refractivity contribution in [3.8, 4) is 0 Å². The number of nitrogens with zero attached hydrogens (tertiary/aromatic N) is 2. The van der Waals surface area contributed by atoms with E-state index in [1.807, 2.05) is 19.1 Å². The van der Waals surface area contributed by atoms with Crippen molar-refractivity contribution in [1.82, 2.24) is 4.90 Å². The summed E-state index contributed by atoms with van der Waals surface area (Å²) in [4.78, 5) is 14.6. The van der Waals surface area contributed by atoms with Crippen LogP contribution in [0.4, 0.5) is 5.69 Å². The molecule has 23 heavy (non-hydrogen) atoms. The van der Waals surface area contributed by atoms with E-state index in [-0.39, 0.29) is 5.91 Å². The highest BCUT2D eigenvalue weighted by Crippen LogP contribution is 2.24. The van der Waals surface area contributed by atoms with Gasteiger partial charge >= 0.3 is 0 Å². The van der Waals surface area contributed by atoms with Gasteiger partial charge in [0, 0.05) is 13.1 Å². The van der Waals surface area contributed by atoms with Crippen molar-refractivity contribution >= 4 is 21.6 Å². The predicted molar refractivity (Wildman–Crippen MR) is 92.9 cm³/mol. The highest BCUT2D eigenvalue weighted by Gasteiger charge is 2.33. The van der Waals surface area contributed by atoms with Crippen LogP contribution in [0.25, 0.3) is 0 Å². The molecular formula is C17H26N2O3S. The van der Waals surface area contributed by atoms with Gasteiger partial charge in [0.15, 0.2) is 0 Å². The predicted octanol–water partition coefficient (Wildman–Crippen LogP) is 2.41. The fraction of sp³-hybridized carbons (Fsp3) is 0.588. The minimum absolute atomic E-state index is 0.123. The molecule has 0 radical (unpaired) electrons. The van der Waals surface area contributed by atoms with Crippen molar-refractivity contribution in [2.45, 2.75) is 39.7 Å². The Kier molecular flexibility index (Phi) is 5.34. The zero-order valence-corrected chi connectivity index (χ0v) is 15.1. The number of anilines is 1. The van der Waals surface area contributed by atoms with E-state index in [1.165, 1.54) is 4.31 Å². The Balaban J connectivity index is 2.28. The minimum Gasteiger partial charge on any atom is -0.341 e. The highest BCUT2D eigenvalue weighted by atomic mass is 32.2. The molecule has 0 bridgehead atoms. The third-order valence-corrected chi connectivity index (χ3v) is 5.57. The molecule has 1 aromatic carbocycles. The van der Waals surface area contributed by atoms with Gasteiger partial charge in [0.2, 0.25) is 15.9 Å². The van der Waals surface area contributed by atoms with Crippen molar-refractivity contribution in [3.05, 3.63) is 29.8 Å².